The van der Waals surface area contributed by atoms with Gasteiger partial charge in [0.1, 0.15) is 6.23 Å². The molecule has 2 N–H and O–H groups in total. The zero-order valence-corrected chi connectivity index (χ0v) is 16.2. The Labute approximate surface area is 158 Å². The van der Waals surface area contributed by atoms with Gasteiger partial charge in [0.15, 0.2) is 0 Å². The van der Waals surface area contributed by atoms with Crippen molar-refractivity contribution in [2.45, 2.75) is 39.0 Å². The SMILES string of the molecule is CCC(NC(O)CCOCCOC)C1=C\C=C(C)/C=C\C=C/C=C\C=C1. The molecule has 1 rings (SSSR count). The first-order valence-electron chi connectivity index (χ1n) is 9.24. The largest absolute Gasteiger partial charge is 0.382 e. The molecule has 0 spiro atoms. The van der Waals surface area contributed by atoms with Gasteiger partial charge in [-0.3, -0.25) is 5.32 Å². The van der Waals surface area contributed by atoms with Crippen LogP contribution in [0.2, 0.25) is 0 Å². The van der Waals surface area contributed by atoms with Gasteiger partial charge in [-0.25, -0.2) is 0 Å². The molecule has 0 heterocycles. The molecule has 2 unspecified atom stereocenters. The monoisotopic (exact) mass is 359 g/mol. The molecule has 0 saturated heterocycles. The van der Waals surface area contributed by atoms with Crippen LogP contribution in [0.25, 0.3) is 0 Å². The lowest BCUT2D eigenvalue weighted by Gasteiger charge is -2.22. The smallest absolute Gasteiger partial charge is 0.107 e. The van der Waals surface area contributed by atoms with E-state index in [0.29, 0.717) is 26.2 Å². The fourth-order valence-corrected chi connectivity index (χ4v) is 2.41. The lowest BCUT2D eigenvalue weighted by molar-refractivity contribution is 0.0369. The zero-order chi connectivity index (χ0) is 19.0. The number of rotatable bonds is 10. The predicted molar refractivity (Wildman–Crippen MR) is 109 cm³/mol. The second-order valence-corrected chi connectivity index (χ2v) is 6.10. The molecule has 0 aromatic heterocycles. The number of hydrogen-bond acceptors (Lipinski definition) is 4. The molecule has 144 valence electrons. The average Bonchev–Trinajstić information content (AvgIpc) is 2.63. The van der Waals surface area contributed by atoms with Crippen molar-refractivity contribution in [1.82, 2.24) is 5.32 Å². The lowest BCUT2D eigenvalue weighted by atomic mass is 10.0. The van der Waals surface area contributed by atoms with E-state index >= 15 is 0 Å². The Morgan fingerprint density at radius 2 is 1.65 bits per heavy atom. The molecule has 0 amide bonds. The lowest BCUT2D eigenvalue weighted by Crippen LogP contribution is -2.39. The van der Waals surface area contributed by atoms with E-state index in [1.54, 1.807) is 7.11 Å². The summed E-state index contributed by atoms with van der Waals surface area (Å²) >= 11 is 0. The highest BCUT2D eigenvalue weighted by atomic mass is 16.5. The molecular formula is C22H33NO3. The Kier molecular flexibility index (Phi) is 12.4. The Morgan fingerprint density at radius 1 is 0.962 bits per heavy atom. The van der Waals surface area contributed by atoms with Gasteiger partial charge in [0.25, 0.3) is 0 Å². The molecule has 0 bridgehead atoms. The van der Waals surface area contributed by atoms with Crippen LogP contribution >= 0.6 is 0 Å². The second-order valence-electron chi connectivity index (χ2n) is 6.10. The van der Waals surface area contributed by atoms with E-state index in [4.69, 9.17) is 9.47 Å². The van der Waals surface area contributed by atoms with Gasteiger partial charge in [-0.2, -0.15) is 0 Å². The number of aliphatic hydroxyl groups is 1. The Bertz CT molecular complexity index is 556. The van der Waals surface area contributed by atoms with Gasteiger partial charge in [0.2, 0.25) is 0 Å². The van der Waals surface area contributed by atoms with Crippen molar-refractivity contribution in [2.75, 3.05) is 26.9 Å². The number of hydrogen-bond donors (Lipinski definition) is 2. The molecule has 4 nitrogen and oxygen atoms in total. The maximum Gasteiger partial charge on any atom is 0.107 e. The van der Waals surface area contributed by atoms with Crippen LogP contribution < -0.4 is 5.32 Å². The topological polar surface area (TPSA) is 50.7 Å². The molecule has 0 aliphatic heterocycles. The minimum absolute atomic E-state index is 0.0696. The summed E-state index contributed by atoms with van der Waals surface area (Å²) in [5, 5.41) is 13.6. The van der Waals surface area contributed by atoms with Crippen LogP contribution in [-0.2, 0) is 9.47 Å². The van der Waals surface area contributed by atoms with E-state index in [2.05, 4.69) is 43.5 Å². The van der Waals surface area contributed by atoms with Gasteiger partial charge in [0, 0.05) is 19.6 Å². The quantitative estimate of drug-likeness (QED) is 0.460. The highest BCUT2D eigenvalue weighted by molar-refractivity contribution is 5.35. The van der Waals surface area contributed by atoms with E-state index in [1.165, 1.54) is 5.57 Å². The van der Waals surface area contributed by atoms with E-state index in [0.717, 1.165) is 12.0 Å². The van der Waals surface area contributed by atoms with Crippen LogP contribution in [0.4, 0.5) is 0 Å². The van der Waals surface area contributed by atoms with Crippen molar-refractivity contribution < 1.29 is 14.6 Å². The number of nitrogens with one attached hydrogen (secondary N) is 1. The fourth-order valence-electron chi connectivity index (χ4n) is 2.41. The van der Waals surface area contributed by atoms with Crippen LogP contribution in [0.3, 0.4) is 0 Å². The van der Waals surface area contributed by atoms with Gasteiger partial charge < -0.3 is 14.6 Å². The summed E-state index contributed by atoms with van der Waals surface area (Å²) in [5.74, 6) is 0. The summed E-state index contributed by atoms with van der Waals surface area (Å²) in [6.45, 7) is 5.81. The molecule has 0 aromatic carbocycles. The fraction of sp³-hybridized carbons (Fsp3) is 0.455. The summed E-state index contributed by atoms with van der Waals surface area (Å²) in [5.41, 5.74) is 2.31. The van der Waals surface area contributed by atoms with Crippen molar-refractivity contribution in [3.63, 3.8) is 0 Å². The molecule has 0 fully saturated rings. The molecular weight excluding hydrogens is 326 g/mol. The zero-order valence-electron chi connectivity index (χ0n) is 16.2. The van der Waals surface area contributed by atoms with Crippen molar-refractivity contribution in [3.05, 3.63) is 71.9 Å². The summed E-state index contributed by atoms with van der Waals surface area (Å²) in [6.07, 6.45) is 21.2. The van der Waals surface area contributed by atoms with Gasteiger partial charge in [-0.1, -0.05) is 73.3 Å². The summed E-state index contributed by atoms with van der Waals surface area (Å²) in [4.78, 5) is 0. The van der Waals surface area contributed by atoms with Gasteiger partial charge >= 0.3 is 0 Å². The second kappa shape index (κ2) is 14.4. The van der Waals surface area contributed by atoms with E-state index in [-0.39, 0.29) is 6.04 Å². The maximum absolute atomic E-state index is 10.3. The van der Waals surface area contributed by atoms with Crippen molar-refractivity contribution in [1.29, 1.82) is 0 Å². The third-order valence-electron chi connectivity index (χ3n) is 3.91. The summed E-state index contributed by atoms with van der Waals surface area (Å²) < 4.78 is 10.4. The third-order valence-corrected chi connectivity index (χ3v) is 3.91. The average molecular weight is 360 g/mol. The van der Waals surface area contributed by atoms with Crippen molar-refractivity contribution >= 4 is 0 Å². The van der Waals surface area contributed by atoms with Gasteiger partial charge in [-0.05, 0) is 18.9 Å². The Morgan fingerprint density at radius 3 is 2.35 bits per heavy atom. The Balaban J connectivity index is 2.71. The molecule has 1 aliphatic carbocycles. The highest BCUT2D eigenvalue weighted by Crippen LogP contribution is 2.12. The van der Waals surface area contributed by atoms with Crippen LogP contribution in [0.5, 0.6) is 0 Å². The molecule has 0 saturated carbocycles. The third kappa shape index (κ3) is 10.3. The first-order chi connectivity index (χ1) is 12.7. The van der Waals surface area contributed by atoms with Crippen molar-refractivity contribution in [2.24, 2.45) is 0 Å². The summed E-state index contributed by atoms with van der Waals surface area (Å²) in [7, 11) is 1.65. The maximum atomic E-state index is 10.3. The van der Waals surface area contributed by atoms with E-state index in [1.807, 2.05) is 36.5 Å². The van der Waals surface area contributed by atoms with Gasteiger partial charge in [0.05, 0.1) is 19.8 Å². The highest BCUT2D eigenvalue weighted by Gasteiger charge is 2.14. The van der Waals surface area contributed by atoms with Crippen LogP contribution in [0.15, 0.2) is 71.9 Å². The number of methoxy groups -OCH3 is 1. The molecule has 26 heavy (non-hydrogen) atoms. The van der Waals surface area contributed by atoms with E-state index < -0.39 is 6.23 Å². The minimum Gasteiger partial charge on any atom is -0.382 e. The number of aliphatic hydroxyl groups excluding tert-OH is 1. The molecule has 2 atom stereocenters. The normalized spacial score (nSPS) is 22.9. The number of allylic oxidation sites excluding steroid dienone is 10. The number of ether oxygens (including phenoxy) is 2. The van der Waals surface area contributed by atoms with Gasteiger partial charge in [-0.15, -0.1) is 0 Å². The first kappa shape index (κ1) is 22.3. The van der Waals surface area contributed by atoms with Crippen molar-refractivity contribution in [3.8, 4) is 0 Å². The molecule has 1 aliphatic rings. The molecule has 0 radical (unpaired) electrons. The molecule has 0 aromatic rings. The standard InChI is InChI=1S/C22H33NO3/c1-4-21(23-22(24)15-16-26-18-17-25-3)20-12-10-8-6-5-7-9-11-19(2)13-14-20/h5-14,21-24H,4,15-18H2,1-3H3/b6-5?,7-5-,8-6-,9-7?,10-8?,11-9-,12-10?,14-13?,19-11?,19-13-,20-12?,20-14?. The van der Waals surface area contributed by atoms with Crippen LogP contribution in [0.1, 0.15) is 26.7 Å². The Hall–Kier alpha value is -1.72. The first-order valence-corrected chi connectivity index (χ1v) is 9.24. The predicted octanol–water partition coefficient (Wildman–Crippen LogP) is 3.84. The van der Waals surface area contributed by atoms with E-state index in [9.17, 15) is 5.11 Å². The molecule has 4 heteroatoms. The van der Waals surface area contributed by atoms with Crippen LogP contribution in [0, 0.1) is 0 Å². The minimum atomic E-state index is -0.610. The summed E-state index contributed by atoms with van der Waals surface area (Å²) in [6, 6.07) is 0.0696. The van der Waals surface area contributed by atoms with Crippen LogP contribution in [-0.4, -0.2) is 44.3 Å².